The van der Waals surface area contributed by atoms with Gasteiger partial charge >= 0.3 is 0 Å². The van der Waals surface area contributed by atoms with Gasteiger partial charge in [-0.3, -0.25) is 9.89 Å². The summed E-state index contributed by atoms with van der Waals surface area (Å²) in [4.78, 5) is 12.6. The van der Waals surface area contributed by atoms with Gasteiger partial charge in [-0.1, -0.05) is 12.1 Å². The van der Waals surface area contributed by atoms with E-state index in [9.17, 15) is 13.2 Å². The van der Waals surface area contributed by atoms with Crippen molar-refractivity contribution < 1.29 is 13.2 Å². The Kier molecular flexibility index (Phi) is 5.22. The second-order valence-corrected chi connectivity index (χ2v) is 8.44. The van der Waals surface area contributed by atoms with Crippen LogP contribution < -0.4 is 10.6 Å². The zero-order valence-corrected chi connectivity index (χ0v) is 17.5. The van der Waals surface area contributed by atoms with Crippen molar-refractivity contribution in [3.8, 4) is 0 Å². The molecule has 1 aromatic heterocycles. The number of carbonyl (C=O) groups is 1. The molecule has 0 spiro atoms. The van der Waals surface area contributed by atoms with Crippen LogP contribution in [0.1, 0.15) is 28.7 Å². The third-order valence-electron chi connectivity index (χ3n) is 4.60. The first-order valence-corrected chi connectivity index (χ1v) is 11.0. The monoisotopic (exact) mass is 442 g/mol. The Morgan fingerprint density at radius 3 is 2.63 bits per heavy atom. The van der Waals surface area contributed by atoms with E-state index in [1.807, 2.05) is 6.92 Å². The van der Waals surface area contributed by atoms with Gasteiger partial charge in [0.05, 0.1) is 6.54 Å². The summed E-state index contributed by atoms with van der Waals surface area (Å²) < 4.78 is 30.4. The van der Waals surface area contributed by atoms with Crippen LogP contribution in [0.25, 0.3) is 0 Å². The lowest BCUT2D eigenvalue weighted by Crippen LogP contribution is -2.24. The van der Waals surface area contributed by atoms with Crippen molar-refractivity contribution in [2.45, 2.75) is 24.9 Å². The molecule has 2 heterocycles. The second kappa shape index (κ2) is 7.84. The van der Waals surface area contributed by atoms with Crippen LogP contribution in [0.2, 0.25) is 0 Å². The minimum absolute atomic E-state index is 0.174. The Hall–Kier alpha value is -3.31. The van der Waals surface area contributed by atoms with E-state index in [2.05, 4.69) is 25.2 Å². The number of H-pyrrole nitrogens is 1. The van der Waals surface area contributed by atoms with Crippen molar-refractivity contribution in [2.75, 3.05) is 5.32 Å². The Morgan fingerprint density at radius 1 is 1.17 bits per heavy atom. The number of amidine groups is 1. The van der Waals surface area contributed by atoms with E-state index in [4.69, 9.17) is 12.2 Å². The van der Waals surface area contributed by atoms with E-state index < -0.39 is 10.0 Å². The number of hydrogen-bond acceptors (Lipinski definition) is 6. The van der Waals surface area contributed by atoms with E-state index in [-0.39, 0.29) is 23.2 Å². The Labute approximate surface area is 177 Å². The summed E-state index contributed by atoms with van der Waals surface area (Å²) in [5, 5.41) is 12.6. The van der Waals surface area contributed by atoms with Crippen molar-refractivity contribution in [1.82, 2.24) is 20.1 Å². The van der Waals surface area contributed by atoms with E-state index in [1.54, 1.807) is 47.0 Å². The largest absolute Gasteiger partial charge is 0.345 e. The summed E-state index contributed by atoms with van der Waals surface area (Å²) in [7, 11) is -3.69. The molecule has 0 unspecified atom stereocenters. The van der Waals surface area contributed by atoms with E-state index in [0.717, 1.165) is 0 Å². The summed E-state index contributed by atoms with van der Waals surface area (Å²) >= 11 is 5.14. The van der Waals surface area contributed by atoms with Gasteiger partial charge in [0.1, 0.15) is 4.90 Å². The average molecular weight is 443 g/mol. The molecule has 2 aromatic carbocycles. The van der Waals surface area contributed by atoms with E-state index >= 15 is 0 Å². The number of nitrogens with zero attached hydrogens (tertiary/aromatic N) is 3. The van der Waals surface area contributed by atoms with Gasteiger partial charge in [0.25, 0.3) is 15.9 Å². The highest BCUT2D eigenvalue weighted by molar-refractivity contribution is 7.90. The van der Waals surface area contributed by atoms with Crippen molar-refractivity contribution in [3.05, 3.63) is 70.3 Å². The molecule has 0 radical (unpaired) electrons. The third-order valence-corrected chi connectivity index (χ3v) is 6.25. The Balaban J connectivity index is 1.45. The molecule has 0 saturated heterocycles. The van der Waals surface area contributed by atoms with Crippen LogP contribution in [0.15, 0.2) is 57.8 Å². The number of hydrogen-bond donors (Lipinski definition) is 3. The molecule has 154 valence electrons. The maximum absolute atomic E-state index is 12.4. The van der Waals surface area contributed by atoms with Gasteiger partial charge in [0.15, 0.2) is 16.4 Å². The molecule has 3 N–H and O–H groups in total. The van der Waals surface area contributed by atoms with Gasteiger partial charge in [-0.2, -0.15) is 13.5 Å². The highest BCUT2D eigenvalue weighted by atomic mass is 32.2. The first-order valence-electron chi connectivity index (χ1n) is 9.13. The van der Waals surface area contributed by atoms with Gasteiger partial charge in [0.2, 0.25) is 0 Å². The smallest absolute Gasteiger partial charge is 0.285 e. The Morgan fingerprint density at radius 2 is 1.90 bits per heavy atom. The van der Waals surface area contributed by atoms with Gasteiger partial charge in [0, 0.05) is 23.4 Å². The molecule has 0 fully saturated rings. The van der Waals surface area contributed by atoms with Crippen LogP contribution in [0.4, 0.5) is 5.69 Å². The number of anilines is 1. The van der Waals surface area contributed by atoms with Crippen molar-refractivity contribution in [3.63, 3.8) is 0 Å². The lowest BCUT2D eigenvalue weighted by molar-refractivity contribution is 0.0949. The number of aromatic amines is 1. The van der Waals surface area contributed by atoms with Gasteiger partial charge in [-0.25, -0.2) is 0 Å². The SMILES string of the molecule is CCn1c(CNC(=O)c2ccc(NC3=NS(=O)(=O)c4ccccc43)cc2)n[nH]c1=S. The molecule has 30 heavy (non-hydrogen) atoms. The predicted molar refractivity (Wildman–Crippen MR) is 114 cm³/mol. The molecule has 0 saturated carbocycles. The summed E-state index contributed by atoms with van der Waals surface area (Å²) in [6.45, 7) is 2.84. The summed E-state index contributed by atoms with van der Waals surface area (Å²) in [6.07, 6.45) is 0. The van der Waals surface area contributed by atoms with E-state index in [0.29, 0.717) is 34.0 Å². The first kappa shape index (κ1) is 20.0. The number of amides is 1. The lowest BCUT2D eigenvalue weighted by Gasteiger charge is -2.09. The number of nitrogens with one attached hydrogen (secondary N) is 3. The number of carbonyl (C=O) groups excluding carboxylic acids is 1. The van der Waals surface area contributed by atoms with Crippen molar-refractivity contribution >= 4 is 39.7 Å². The molecule has 0 aliphatic carbocycles. The number of rotatable bonds is 5. The van der Waals surface area contributed by atoms with Crippen LogP contribution in [-0.4, -0.2) is 34.9 Å². The fraction of sp³-hybridized carbons (Fsp3) is 0.158. The van der Waals surface area contributed by atoms with E-state index in [1.165, 1.54) is 6.07 Å². The minimum Gasteiger partial charge on any atom is -0.345 e. The van der Waals surface area contributed by atoms with Crippen LogP contribution in [0, 0.1) is 4.77 Å². The standard InChI is InChI=1S/C19H18N6O3S2/c1-2-25-16(22-23-19(25)29)11-20-18(26)12-7-9-13(10-8-12)21-17-14-5-3-4-6-15(14)30(27,28)24-17/h3-10H,2,11H2,1H3,(H,20,26)(H,21,24)(H,23,29). The first-order chi connectivity index (χ1) is 14.4. The summed E-state index contributed by atoms with van der Waals surface area (Å²) in [5.74, 6) is 0.641. The highest BCUT2D eigenvalue weighted by Gasteiger charge is 2.28. The van der Waals surface area contributed by atoms with Crippen molar-refractivity contribution in [2.24, 2.45) is 4.40 Å². The fourth-order valence-electron chi connectivity index (χ4n) is 3.11. The topological polar surface area (TPSA) is 121 Å². The molecule has 1 aliphatic rings. The normalized spacial score (nSPS) is 14.1. The second-order valence-electron chi connectivity index (χ2n) is 6.49. The zero-order valence-electron chi connectivity index (χ0n) is 15.9. The molecule has 3 aromatic rings. The molecular weight excluding hydrogens is 424 g/mol. The fourth-order valence-corrected chi connectivity index (χ4v) is 4.57. The molecule has 1 aliphatic heterocycles. The number of aromatic nitrogens is 3. The Bertz CT molecular complexity index is 1310. The van der Waals surface area contributed by atoms with Crippen LogP contribution in [0.3, 0.4) is 0 Å². The number of fused-ring (bicyclic) bond motifs is 1. The van der Waals surface area contributed by atoms with Crippen LogP contribution in [-0.2, 0) is 23.1 Å². The summed E-state index contributed by atoms with van der Waals surface area (Å²) in [5.41, 5.74) is 1.59. The lowest BCUT2D eigenvalue weighted by atomic mass is 10.1. The molecule has 4 rings (SSSR count). The van der Waals surface area contributed by atoms with Gasteiger partial charge in [-0.15, -0.1) is 4.40 Å². The molecule has 0 bridgehead atoms. The third kappa shape index (κ3) is 3.76. The molecule has 1 amide bonds. The molecule has 0 atom stereocenters. The maximum atomic E-state index is 12.4. The predicted octanol–water partition coefficient (Wildman–Crippen LogP) is 2.45. The molecule has 9 nitrogen and oxygen atoms in total. The van der Waals surface area contributed by atoms with Crippen LogP contribution >= 0.6 is 12.2 Å². The zero-order chi connectivity index (χ0) is 21.3. The molecular formula is C19H18N6O3S2. The summed E-state index contributed by atoms with van der Waals surface area (Å²) in [6, 6.07) is 13.3. The quantitative estimate of drug-likeness (QED) is 0.522. The minimum atomic E-state index is -3.69. The number of benzene rings is 2. The van der Waals surface area contributed by atoms with Crippen molar-refractivity contribution in [1.29, 1.82) is 0 Å². The highest BCUT2D eigenvalue weighted by Crippen LogP contribution is 2.26. The van der Waals surface area contributed by atoms with Gasteiger partial charge in [-0.05, 0) is 55.5 Å². The van der Waals surface area contributed by atoms with Crippen LogP contribution in [0.5, 0.6) is 0 Å². The average Bonchev–Trinajstić information content (AvgIpc) is 3.23. The molecule has 11 heteroatoms. The maximum Gasteiger partial charge on any atom is 0.285 e. The van der Waals surface area contributed by atoms with Gasteiger partial charge < -0.3 is 15.2 Å². The number of sulfonamides is 1.